The minimum atomic E-state index is -4.81. The maximum absolute atomic E-state index is 13.3. The van der Waals surface area contributed by atoms with Crippen LogP contribution in [0.2, 0.25) is 0 Å². The lowest BCUT2D eigenvalue weighted by molar-refractivity contribution is -0.140. The van der Waals surface area contributed by atoms with Crippen molar-refractivity contribution in [1.82, 2.24) is 5.32 Å². The van der Waals surface area contributed by atoms with Gasteiger partial charge in [0, 0.05) is 23.6 Å². The van der Waals surface area contributed by atoms with E-state index < -0.39 is 17.6 Å². The van der Waals surface area contributed by atoms with Crippen molar-refractivity contribution in [3.63, 3.8) is 0 Å². The topological polar surface area (TPSA) is 38.3 Å². The van der Waals surface area contributed by atoms with E-state index in [1.54, 1.807) is 0 Å². The molecule has 3 rings (SSSR count). The number of ether oxygens (including phenoxy) is 1. The molecule has 2 heterocycles. The zero-order valence-corrected chi connectivity index (χ0v) is 11.6. The van der Waals surface area contributed by atoms with Gasteiger partial charge in [-0.05, 0) is 31.0 Å². The highest BCUT2D eigenvalue weighted by Crippen LogP contribution is 2.33. The summed E-state index contributed by atoms with van der Waals surface area (Å²) in [5, 5.41) is 3.32. The van der Waals surface area contributed by atoms with Crippen LogP contribution < -0.4 is 5.32 Å². The minimum absolute atomic E-state index is 0.0454. The normalized spacial score (nSPS) is 28.5. The third-order valence-electron chi connectivity index (χ3n) is 4.17. The number of Topliss-reactive ketones (excluding diaryl/α,β-unsaturated/α-hetero) is 1. The second-order valence-electron chi connectivity index (χ2n) is 5.82. The minimum Gasteiger partial charge on any atom is -0.378 e. The summed E-state index contributed by atoms with van der Waals surface area (Å²) in [7, 11) is 0. The van der Waals surface area contributed by atoms with Crippen LogP contribution in [0.25, 0.3) is 0 Å². The molecule has 2 unspecified atom stereocenters. The summed E-state index contributed by atoms with van der Waals surface area (Å²) in [6, 6.07) is 2.54. The second kappa shape index (κ2) is 5.62. The summed E-state index contributed by atoms with van der Waals surface area (Å²) in [4.78, 5) is 12.5. The number of halogens is 4. The highest BCUT2D eigenvalue weighted by atomic mass is 19.4. The van der Waals surface area contributed by atoms with E-state index in [4.69, 9.17) is 4.74 Å². The summed E-state index contributed by atoms with van der Waals surface area (Å²) in [5.41, 5.74) is -1.48. The standard InChI is InChI=1S/C15H15F4NO2/c16-13-2-1-8(5-12(13)15(17,18)19)14(21)9-3-10-6-22-7-11(4-9)20-10/h1-2,5,9-11,20H,3-4,6-7H2. The van der Waals surface area contributed by atoms with Gasteiger partial charge in [-0.25, -0.2) is 4.39 Å². The van der Waals surface area contributed by atoms with Crippen molar-refractivity contribution in [1.29, 1.82) is 0 Å². The highest BCUT2D eigenvalue weighted by Gasteiger charge is 2.38. The van der Waals surface area contributed by atoms with E-state index in [9.17, 15) is 22.4 Å². The number of morpholine rings is 1. The van der Waals surface area contributed by atoms with Crippen molar-refractivity contribution >= 4 is 5.78 Å². The van der Waals surface area contributed by atoms with Crippen LogP contribution in [0.1, 0.15) is 28.8 Å². The molecule has 2 atom stereocenters. The molecule has 3 nitrogen and oxygen atoms in total. The van der Waals surface area contributed by atoms with Gasteiger partial charge in [-0.1, -0.05) is 0 Å². The molecule has 2 fully saturated rings. The predicted molar refractivity (Wildman–Crippen MR) is 70.0 cm³/mol. The lowest BCUT2D eigenvalue weighted by atomic mass is 9.82. The van der Waals surface area contributed by atoms with Crippen LogP contribution in [-0.2, 0) is 10.9 Å². The molecule has 2 aliphatic heterocycles. The first kappa shape index (κ1) is 15.4. The zero-order valence-electron chi connectivity index (χ0n) is 11.6. The van der Waals surface area contributed by atoms with E-state index in [1.807, 2.05) is 0 Å². The Morgan fingerprint density at radius 2 is 1.82 bits per heavy atom. The second-order valence-corrected chi connectivity index (χ2v) is 5.82. The van der Waals surface area contributed by atoms with Crippen LogP contribution in [0.3, 0.4) is 0 Å². The highest BCUT2D eigenvalue weighted by molar-refractivity contribution is 5.98. The maximum atomic E-state index is 13.3. The van der Waals surface area contributed by atoms with Crippen LogP contribution in [0.15, 0.2) is 18.2 Å². The first-order valence-electron chi connectivity index (χ1n) is 7.09. The Morgan fingerprint density at radius 1 is 1.18 bits per heavy atom. The summed E-state index contributed by atoms with van der Waals surface area (Å²) in [6.07, 6.45) is -3.76. The quantitative estimate of drug-likeness (QED) is 0.673. The van der Waals surface area contributed by atoms with Crippen LogP contribution in [0.5, 0.6) is 0 Å². The van der Waals surface area contributed by atoms with E-state index in [0.717, 1.165) is 6.07 Å². The Bertz CT molecular complexity index is 575. The van der Waals surface area contributed by atoms with Gasteiger partial charge in [0.05, 0.1) is 18.8 Å². The van der Waals surface area contributed by atoms with E-state index in [-0.39, 0.29) is 29.3 Å². The number of ketones is 1. The molecule has 1 N–H and O–H groups in total. The number of hydrogen-bond acceptors (Lipinski definition) is 3. The van der Waals surface area contributed by atoms with E-state index in [2.05, 4.69) is 5.32 Å². The van der Waals surface area contributed by atoms with Crippen molar-refractivity contribution in [3.8, 4) is 0 Å². The third kappa shape index (κ3) is 3.01. The van der Waals surface area contributed by atoms with Gasteiger partial charge in [0.1, 0.15) is 5.82 Å². The molecular formula is C15H15F4NO2. The lowest BCUT2D eigenvalue weighted by Gasteiger charge is -2.39. The number of piperidine rings is 1. The molecule has 0 aromatic heterocycles. The van der Waals surface area contributed by atoms with Crippen molar-refractivity contribution in [2.75, 3.05) is 13.2 Å². The largest absolute Gasteiger partial charge is 0.419 e. The van der Waals surface area contributed by atoms with Gasteiger partial charge in [0.15, 0.2) is 5.78 Å². The average molecular weight is 317 g/mol. The Hall–Kier alpha value is -1.47. The number of carbonyl (C=O) groups is 1. The van der Waals surface area contributed by atoms with Gasteiger partial charge in [-0.15, -0.1) is 0 Å². The average Bonchev–Trinajstić information content (AvgIpc) is 2.45. The molecule has 0 spiro atoms. The summed E-state index contributed by atoms with van der Waals surface area (Å²) >= 11 is 0. The number of hydrogen-bond donors (Lipinski definition) is 1. The summed E-state index contributed by atoms with van der Waals surface area (Å²) in [5.74, 6) is -2.07. The molecule has 2 aliphatic rings. The Balaban J connectivity index is 1.83. The number of rotatable bonds is 2. The smallest absolute Gasteiger partial charge is 0.378 e. The molecule has 2 bridgehead atoms. The Kier molecular flexibility index (Phi) is 3.94. The lowest BCUT2D eigenvalue weighted by Crippen LogP contribution is -2.55. The SMILES string of the molecule is O=C(c1ccc(F)c(C(F)(F)F)c1)C1CC2COCC(C1)N2. The molecule has 0 aliphatic carbocycles. The van der Waals surface area contributed by atoms with Crippen LogP contribution in [-0.4, -0.2) is 31.1 Å². The van der Waals surface area contributed by atoms with Crippen LogP contribution in [0.4, 0.5) is 17.6 Å². The number of nitrogens with one attached hydrogen (secondary N) is 1. The summed E-state index contributed by atoms with van der Waals surface area (Å²) < 4.78 is 56.9. The monoisotopic (exact) mass is 317 g/mol. The molecular weight excluding hydrogens is 302 g/mol. The number of fused-ring (bicyclic) bond motifs is 2. The number of benzene rings is 1. The first-order valence-corrected chi connectivity index (χ1v) is 7.09. The molecule has 7 heteroatoms. The summed E-state index contributed by atoms with van der Waals surface area (Å²) in [6.45, 7) is 0.995. The van der Waals surface area contributed by atoms with E-state index in [0.29, 0.717) is 38.2 Å². The Labute approximate surface area is 124 Å². The van der Waals surface area contributed by atoms with Gasteiger partial charge in [0.25, 0.3) is 0 Å². The van der Waals surface area contributed by atoms with Gasteiger partial charge < -0.3 is 10.1 Å². The molecule has 22 heavy (non-hydrogen) atoms. The van der Waals surface area contributed by atoms with E-state index >= 15 is 0 Å². The number of carbonyl (C=O) groups excluding carboxylic acids is 1. The number of alkyl halides is 3. The molecule has 0 saturated carbocycles. The van der Waals surface area contributed by atoms with Crippen molar-refractivity contribution in [3.05, 3.63) is 35.1 Å². The van der Waals surface area contributed by atoms with Gasteiger partial charge in [-0.2, -0.15) is 13.2 Å². The maximum Gasteiger partial charge on any atom is 0.419 e. The fourth-order valence-electron chi connectivity index (χ4n) is 3.18. The van der Waals surface area contributed by atoms with Gasteiger partial charge in [0.2, 0.25) is 0 Å². The molecule has 0 radical (unpaired) electrons. The van der Waals surface area contributed by atoms with Crippen LogP contribution in [0, 0.1) is 11.7 Å². The fraction of sp³-hybridized carbons (Fsp3) is 0.533. The van der Waals surface area contributed by atoms with Crippen molar-refractivity contribution in [2.24, 2.45) is 5.92 Å². The fourth-order valence-corrected chi connectivity index (χ4v) is 3.18. The van der Waals surface area contributed by atoms with Crippen LogP contribution >= 0.6 is 0 Å². The first-order chi connectivity index (χ1) is 10.3. The third-order valence-corrected chi connectivity index (χ3v) is 4.17. The van der Waals surface area contributed by atoms with Gasteiger partial charge in [-0.3, -0.25) is 4.79 Å². The predicted octanol–water partition coefficient (Wildman–Crippen LogP) is 2.79. The molecule has 1 aromatic rings. The van der Waals surface area contributed by atoms with E-state index in [1.165, 1.54) is 0 Å². The Morgan fingerprint density at radius 3 is 2.41 bits per heavy atom. The zero-order chi connectivity index (χ0) is 15.9. The molecule has 2 saturated heterocycles. The molecule has 1 aromatic carbocycles. The van der Waals surface area contributed by atoms with Gasteiger partial charge >= 0.3 is 6.18 Å². The van der Waals surface area contributed by atoms with Crippen molar-refractivity contribution < 1.29 is 27.1 Å². The molecule has 120 valence electrons. The molecule has 0 amide bonds. The van der Waals surface area contributed by atoms with Crippen molar-refractivity contribution in [2.45, 2.75) is 31.1 Å².